The Morgan fingerprint density at radius 1 is 1.18 bits per heavy atom. The van der Waals surface area contributed by atoms with Gasteiger partial charge in [0.05, 0.1) is 32.6 Å². The molecule has 0 saturated carbocycles. The number of pyridine rings is 1. The van der Waals surface area contributed by atoms with E-state index in [0.717, 1.165) is 18.2 Å². The lowest BCUT2D eigenvalue weighted by Crippen LogP contribution is -2.19. The molecule has 13 heteroatoms. The molecule has 38 heavy (non-hydrogen) atoms. The molecule has 0 aliphatic heterocycles. The SMILES string of the molecule is CNCCCOc1cc(F)ccc1Cc1nc(C(F)(F)F)c(Cl)cc1C(=O)Nc1cccc([S@](C)(=N)=O)c1. The Kier molecular flexibility index (Phi) is 9.34. The molecule has 0 bridgehead atoms. The predicted molar refractivity (Wildman–Crippen MR) is 137 cm³/mol. The Bertz CT molecular complexity index is 1430. The summed E-state index contributed by atoms with van der Waals surface area (Å²) in [6.45, 7) is 0.858. The Labute approximate surface area is 222 Å². The smallest absolute Gasteiger partial charge is 0.434 e. The maximum atomic E-state index is 13.9. The van der Waals surface area contributed by atoms with Gasteiger partial charge in [0.15, 0.2) is 5.69 Å². The lowest BCUT2D eigenvalue weighted by Gasteiger charge is -2.17. The molecule has 0 spiro atoms. The van der Waals surface area contributed by atoms with E-state index in [0.29, 0.717) is 18.5 Å². The fourth-order valence-corrected chi connectivity index (χ4v) is 4.44. The number of aromatic nitrogens is 1. The van der Waals surface area contributed by atoms with E-state index in [2.05, 4.69) is 15.6 Å². The van der Waals surface area contributed by atoms with Crippen molar-refractivity contribution in [2.45, 2.75) is 23.9 Å². The summed E-state index contributed by atoms with van der Waals surface area (Å²) in [7, 11) is -1.32. The number of amides is 1. The lowest BCUT2D eigenvalue weighted by molar-refractivity contribution is -0.141. The van der Waals surface area contributed by atoms with Crippen molar-refractivity contribution < 1.29 is 31.3 Å². The molecule has 2 aromatic carbocycles. The highest BCUT2D eigenvalue weighted by atomic mass is 35.5. The Balaban J connectivity index is 2.02. The van der Waals surface area contributed by atoms with Gasteiger partial charge in [-0.15, -0.1) is 0 Å². The van der Waals surface area contributed by atoms with Gasteiger partial charge < -0.3 is 15.4 Å². The van der Waals surface area contributed by atoms with Crippen molar-refractivity contribution in [2.24, 2.45) is 0 Å². The largest absolute Gasteiger partial charge is 0.493 e. The first-order valence-corrected chi connectivity index (χ1v) is 13.6. The fraction of sp³-hybridized carbons (Fsp3) is 0.280. The number of hydrogen-bond acceptors (Lipinski definition) is 6. The summed E-state index contributed by atoms with van der Waals surface area (Å²) in [5.74, 6) is -1.32. The summed E-state index contributed by atoms with van der Waals surface area (Å²) in [6, 6.07) is 10.2. The molecule has 0 radical (unpaired) electrons. The highest BCUT2D eigenvalue weighted by Crippen LogP contribution is 2.35. The summed E-state index contributed by atoms with van der Waals surface area (Å²) in [4.78, 5) is 17.0. The molecule has 0 unspecified atom stereocenters. The van der Waals surface area contributed by atoms with Gasteiger partial charge in [-0.3, -0.25) is 4.79 Å². The van der Waals surface area contributed by atoms with Crippen LogP contribution < -0.4 is 15.4 Å². The fourth-order valence-electron chi connectivity index (χ4n) is 3.49. The van der Waals surface area contributed by atoms with Crippen LogP contribution in [0.2, 0.25) is 5.02 Å². The van der Waals surface area contributed by atoms with Crippen LogP contribution in [0, 0.1) is 10.6 Å². The van der Waals surface area contributed by atoms with Crippen LogP contribution in [0.4, 0.5) is 23.2 Å². The molecule has 1 amide bonds. The Morgan fingerprint density at radius 2 is 1.92 bits per heavy atom. The number of hydrogen-bond donors (Lipinski definition) is 3. The maximum absolute atomic E-state index is 13.9. The number of rotatable bonds is 10. The average Bonchev–Trinajstić information content (AvgIpc) is 2.83. The zero-order chi connectivity index (χ0) is 28.1. The van der Waals surface area contributed by atoms with E-state index in [9.17, 15) is 26.6 Å². The van der Waals surface area contributed by atoms with Crippen LogP contribution in [0.5, 0.6) is 5.75 Å². The minimum Gasteiger partial charge on any atom is -0.493 e. The summed E-state index contributed by atoms with van der Waals surface area (Å²) in [6.07, 6.45) is -3.37. The van der Waals surface area contributed by atoms with E-state index >= 15 is 0 Å². The number of nitrogens with zero attached hydrogens (tertiary/aromatic N) is 1. The van der Waals surface area contributed by atoms with Crippen LogP contribution in [0.3, 0.4) is 0 Å². The van der Waals surface area contributed by atoms with E-state index in [1.165, 1.54) is 36.6 Å². The molecule has 204 valence electrons. The van der Waals surface area contributed by atoms with Crippen LogP contribution in [0.25, 0.3) is 0 Å². The minimum absolute atomic E-state index is 0.110. The van der Waals surface area contributed by atoms with Gasteiger partial charge in [-0.25, -0.2) is 18.4 Å². The van der Waals surface area contributed by atoms with Gasteiger partial charge >= 0.3 is 6.18 Å². The van der Waals surface area contributed by atoms with Crippen molar-refractivity contribution in [3.05, 3.63) is 81.9 Å². The number of anilines is 1. The molecule has 3 N–H and O–H groups in total. The molecule has 1 aromatic heterocycles. The van der Waals surface area contributed by atoms with Crippen LogP contribution in [0.1, 0.15) is 33.7 Å². The van der Waals surface area contributed by atoms with Crippen molar-refractivity contribution in [1.82, 2.24) is 10.3 Å². The first-order chi connectivity index (χ1) is 17.8. The van der Waals surface area contributed by atoms with Crippen LogP contribution in [-0.4, -0.2) is 41.6 Å². The molecule has 0 saturated heterocycles. The van der Waals surface area contributed by atoms with E-state index in [1.807, 2.05) is 0 Å². The molecule has 7 nitrogen and oxygen atoms in total. The minimum atomic E-state index is -4.89. The second-order valence-corrected chi connectivity index (χ2v) is 10.9. The van der Waals surface area contributed by atoms with Gasteiger partial charge in [0.25, 0.3) is 5.91 Å². The summed E-state index contributed by atoms with van der Waals surface area (Å²) in [5.41, 5.74) is -1.39. The first kappa shape index (κ1) is 29.3. The quantitative estimate of drug-likeness (QED) is 0.212. The van der Waals surface area contributed by atoms with Crippen molar-refractivity contribution in [3.8, 4) is 5.75 Å². The number of nitrogens with one attached hydrogen (secondary N) is 3. The predicted octanol–water partition coefficient (Wildman–Crippen LogP) is 5.76. The average molecular weight is 573 g/mol. The third-order valence-electron chi connectivity index (χ3n) is 5.33. The van der Waals surface area contributed by atoms with E-state index in [-0.39, 0.29) is 40.6 Å². The van der Waals surface area contributed by atoms with Crippen molar-refractivity contribution in [3.63, 3.8) is 0 Å². The van der Waals surface area contributed by atoms with Gasteiger partial charge in [-0.2, -0.15) is 13.2 Å². The van der Waals surface area contributed by atoms with Gasteiger partial charge in [-0.1, -0.05) is 23.7 Å². The number of halogens is 5. The molecule has 0 fully saturated rings. The van der Waals surface area contributed by atoms with Gasteiger partial charge in [0.1, 0.15) is 11.6 Å². The van der Waals surface area contributed by atoms with Crippen LogP contribution in [-0.2, 0) is 22.3 Å². The van der Waals surface area contributed by atoms with Crippen molar-refractivity contribution in [2.75, 3.05) is 31.8 Å². The van der Waals surface area contributed by atoms with Crippen LogP contribution in [0.15, 0.2) is 53.4 Å². The Hall–Kier alpha value is -3.22. The standard InChI is InChI=1S/C25H25ClF4N4O3S/c1-32-9-4-10-37-22-12-16(27)8-7-15(22)11-21-19(14-20(26)23(34-21)25(28,29)30)24(35)33-17-5-3-6-18(13-17)38(2,31)36/h3,5-8,12-14,31-32H,4,9-11H2,1-2H3,(H,33,35)/t38-/m1/s1. The summed E-state index contributed by atoms with van der Waals surface area (Å²) >= 11 is 5.87. The maximum Gasteiger partial charge on any atom is 0.434 e. The highest BCUT2D eigenvalue weighted by molar-refractivity contribution is 7.91. The summed E-state index contributed by atoms with van der Waals surface area (Å²) in [5, 5.41) is 4.70. The molecule has 3 aromatic rings. The third kappa shape index (κ3) is 7.65. The van der Waals surface area contributed by atoms with Crippen LogP contribution >= 0.6 is 11.6 Å². The third-order valence-corrected chi connectivity index (χ3v) is 6.77. The molecular formula is C25H25ClF4N4O3S. The van der Waals surface area contributed by atoms with Gasteiger partial charge in [0.2, 0.25) is 0 Å². The number of ether oxygens (including phenoxy) is 1. The number of carbonyl (C=O) groups excluding carboxylic acids is 1. The van der Waals surface area contributed by atoms with E-state index in [1.54, 1.807) is 7.05 Å². The van der Waals surface area contributed by atoms with E-state index in [4.69, 9.17) is 21.1 Å². The zero-order valence-electron chi connectivity index (χ0n) is 20.4. The van der Waals surface area contributed by atoms with Gasteiger partial charge in [0, 0.05) is 34.9 Å². The molecule has 1 atom stereocenters. The normalized spacial score (nSPS) is 13.1. The topological polar surface area (TPSA) is 104 Å². The highest BCUT2D eigenvalue weighted by Gasteiger charge is 2.37. The second kappa shape index (κ2) is 12.1. The summed E-state index contributed by atoms with van der Waals surface area (Å²) < 4.78 is 80.2. The monoisotopic (exact) mass is 572 g/mol. The first-order valence-electron chi connectivity index (χ1n) is 11.3. The number of carbonyl (C=O) groups is 1. The number of benzene rings is 2. The number of alkyl halides is 3. The second-order valence-electron chi connectivity index (χ2n) is 8.37. The lowest BCUT2D eigenvalue weighted by atomic mass is 10.0. The van der Waals surface area contributed by atoms with Crippen molar-refractivity contribution >= 4 is 32.9 Å². The Morgan fingerprint density at radius 3 is 2.58 bits per heavy atom. The van der Waals surface area contributed by atoms with Crippen molar-refractivity contribution in [1.29, 1.82) is 4.78 Å². The molecule has 1 heterocycles. The van der Waals surface area contributed by atoms with E-state index < -0.39 is 38.3 Å². The molecule has 0 aliphatic carbocycles. The zero-order valence-corrected chi connectivity index (χ0v) is 22.0. The molecule has 0 aliphatic rings. The molecular weight excluding hydrogens is 548 g/mol. The van der Waals surface area contributed by atoms with Gasteiger partial charge in [-0.05, 0) is 50.3 Å². The molecule has 3 rings (SSSR count).